The number of carbonyl (C=O) groups is 1. The van der Waals surface area contributed by atoms with E-state index in [9.17, 15) is 9.18 Å². The van der Waals surface area contributed by atoms with Crippen LogP contribution in [-0.2, 0) is 11.2 Å². The molecular weight excluding hydrogens is 291 g/mol. The van der Waals surface area contributed by atoms with E-state index < -0.39 is 0 Å². The van der Waals surface area contributed by atoms with Crippen molar-refractivity contribution in [3.05, 3.63) is 35.6 Å². The van der Waals surface area contributed by atoms with E-state index in [-0.39, 0.29) is 11.7 Å². The van der Waals surface area contributed by atoms with Gasteiger partial charge in [-0.2, -0.15) is 0 Å². The first-order chi connectivity index (χ1) is 11.2. The standard InChI is InChI=1S/C19H27FN2O/c20-18-8-6-16(7-9-18)10-11-21-12-14-22(15-13-21)19(23)17-4-2-1-3-5-17/h6-9,17H,1-5,10-15H2. The second-order valence-electron chi connectivity index (χ2n) is 6.88. The lowest BCUT2D eigenvalue weighted by Gasteiger charge is -2.37. The van der Waals surface area contributed by atoms with Crippen molar-refractivity contribution in [2.24, 2.45) is 5.92 Å². The number of halogens is 1. The molecule has 126 valence electrons. The molecule has 1 aromatic carbocycles. The SMILES string of the molecule is O=C(C1CCCCC1)N1CCN(CCc2ccc(F)cc2)CC1. The number of carbonyl (C=O) groups excluding carboxylic acids is 1. The third kappa shape index (κ3) is 4.54. The molecule has 1 aromatic rings. The molecule has 0 aromatic heterocycles. The van der Waals surface area contributed by atoms with Crippen LogP contribution in [0.25, 0.3) is 0 Å². The van der Waals surface area contributed by atoms with Crippen LogP contribution in [0.1, 0.15) is 37.7 Å². The molecule has 1 aliphatic heterocycles. The summed E-state index contributed by atoms with van der Waals surface area (Å²) in [6.45, 7) is 4.62. The highest BCUT2D eigenvalue weighted by Gasteiger charge is 2.28. The van der Waals surface area contributed by atoms with Crippen LogP contribution in [0.4, 0.5) is 4.39 Å². The van der Waals surface area contributed by atoms with Crippen LogP contribution < -0.4 is 0 Å². The number of rotatable bonds is 4. The number of nitrogens with zero attached hydrogens (tertiary/aromatic N) is 2. The molecule has 1 saturated carbocycles. The van der Waals surface area contributed by atoms with Crippen LogP contribution in [0.2, 0.25) is 0 Å². The molecular formula is C19H27FN2O. The van der Waals surface area contributed by atoms with E-state index >= 15 is 0 Å². The topological polar surface area (TPSA) is 23.6 Å². The molecule has 1 saturated heterocycles. The van der Waals surface area contributed by atoms with Crippen molar-refractivity contribution in [2.45, 2.75) is 38.5 Å². The van der Waals surface area contributed by atoms with Gasteiger partial charge in [0.1, 0.15) is 5.82 Å². The molecule has 3 nitrogen and oxygen atoms in total. The lowest BCUT2D eigenvalue weighted by atomic mass is 9.88. The Morgan fingerprint density at radius 1 is 1.00 bits per heavy atom. The lowest BCUT2D eigenvalue weighted by molar-refractivity contribution is -0.138. The van der Waals surface area contributed by atoms with Gasteiger partial charge in [-0.05, 0) is 37.0 Å². The van der Waals surface area contributed by atoms with E-state index in [1.165, 1.54) is 37.0 Å². The Hall–Kier alpha value is -1.42. The Kier molecular flexibility index (Phi) is 5.65. The van der Waals surface area contributed by atoms with Gasteiger partial charge in [-0.25, -0.2) is 4.39 Å². The average molecular weight is 318 g/mol. The number of hydrogen-bond donors (Lipinski definition) is 0. The summed E-state index contributed by atoms with van der Waals surface area (Å²) < 4.78 is 12.9. The largest absolute Gasteiger partial charge is 0.340 e. The van der Waals surface area contributed by atoms with E-state index in [4.69, 9.17) is 0 Å². The Balaban J connectivity index is 1.41. The maximum absolute atomic E-state index is 12.9. The minimum Gasteiger partial charge on any atom is -0.340 e. The minimum atomic E-state index is -0.177. The summed E-state index contributed by atoms with van der Waals surface area (Å²) in [6.07, 6.45) is 6.84. The fourth-order valence-corrected chi connectivity index (χ4v) is 3.74. The van der Waals surface area contributed by atoms with Gasteiger partial charge >= 0.3 is 0 Å². The first kappa shape index (κ1) is 16.4. The van der Waals surface area contributed by atoms with Crippen LogP contribution in [0, 0.1) is 11.7 Å². The van der Waals surface area contributed by atoms with E-state index in [0.717, 1.165) is 52.0 Å². The molecule has 0 atom stereocenters. The lowest BCUT2D eigenvalue weighted by Crippen LogP contribution is -2.50. The van der Waals surface area contributed by atoms with Crippen molar-refractivity contribution in [1.29, 1.82) is 0 Å². The predicted molar refractivity (Wildman–Crippen MR) is 89.7 cm³/mol. The summed E-state index contributed by atoms with van der Waals surface area (Å²) in [5.74, 6) is 0.501. The molecule has 0 N–H and O–H groups in total. The third-order valence-electron chi connectivity index (χ3n) is 5.27. The number of hydrogen-bond acceptors (Lipinski definition) is 2. The van der Waals surface area contributed by atoms with Crippen molar-refractivity contribution in [2.75, 3.05) is 32.7 Å². The molecule has 1 aliphatic carbocycles. The zero-order chi connectivity index (χ0) is 16.1. The summed E-state index contributed by atoms with van der Waals surface area (Å²) >= 11 is 0. The highest BCUT2D eigenvalue weighted by molar-refractivity contribution is 5.79. The predicted octanol–water partition coefficient (Wildman–Crippen LogP) is 3.09. The Labute approximate surface area is 138 Å². The minimum absolute atomic E-state index is 0.177. The number of piperazine rings is 1. The molecule has 0 radical (unpaired) electrons. The van der Waals surface area contributed by atoms with Crippen molar-refractivity contribution >= 4 is 5.91 Å². The molecule has 0 bridgehead atoms. The molecule has 1 amide bonds. The van der Waals surface area contributed by atoms with Crippen molar-refractivity contribution < 1.29 is 9.18 Å². The average Bonchev–Trinajstić information content (AvgIpc) is 2.62. The molecule has 23 heavy (non-hydrogen) atoms. The first-order valence-electron chi connectivity index (χ1n) is 8.98. The van der Waals surface area contributed by atoms with Crippen molar-refractivity contribution in [3.8, 4) is 0 Å². The van der Waals surface area contributed by atoms with Gasteiger partial charge in [-0.1, -0.05) is 31.4 Å². The summed E-state index contributed by atoms with van der Waals surface area (Å²) in [6, 6.07) is 6.77. The zero-order valence-corrected chi connectivity index (χ0v) is 13.8. The molecule has 0 spiro atoms. The maximum atomic E-state index is 12.9. The highest BCUT2D eigenvalue weighted by atomic mass is 19.1. The normalized spacial score (nSPS) is 20.7. The second kappa shape index (κ2) is 7.91. The fourth-order valence-electron chi connectivity index (χ4n) is 3.74. The molecule has 4 heteroatoms. The smallest absolute Gasteiger partial charge is 0.225 e. The van der Waals surface area contributed by atoms with Gasteiger partial charge in [-0.3, -0.25) is 9.69 Å². The Morgan fingerprint density at radius 3 is 2.30 bits per heavy atom. The fraction of sp³-hybridized carbons (Fsp3) is 0.632. The van der Waals surface area contributed by atoms with Crippen molar-refractivity contribution in [3.63, 3.8) is 0 Å². The van der Waals surface area contributed by atoms with Gasteiger partial charge in [0.15, 0.2) is 0 Å². The van der Waals surface area contributed by atoms with Crippen LogP contribution in [0.15, 0.2) is 24.3 Å². The van der Waals surface area contributed by atoms with Gasteiger partial charge in [0.2, 0.25) is 5.91 Å². The van der Waals surface area contributed by atoms with E-state index in [1.807, 2.05) is 12.1 Å². The van der Waals surface area contributed by atoms with E-state index in [0.29, 0.717) is 5.91 Å². The van der Waals surface area contributed by atoms with E-state index in [1.54, 1.807) is 0 Å². The molecule has 2 fully saturated rings. The van der Waals surface area contributed by atoms with Crippen LogP contribution in [0.3, 0.4) is 0 Å². The van der Waals surface area contributed by atoms with Crippen LogP contribution in [0.5, 0.6) is 0 Å². The highest BCUT2D eigenvalue weighted by Crippen LogP contribution is 2.25. The first-order valence-corrected chi connectivity index (χ1v) is 8.98. The van der Waals surface area contributed by atoms with Crippen molar-refractivity contribution in [1.82, 2.24) is 9.80 Å². The molecule has 2 aliphatic rings. The van der Waals surface area contributed by atoms with Gasteiger partial charge < -0.3 is 4.90 Å². The molecule has 3 rings (SSSR count). The van der Waals surface area contributed by atoms with Crippen LogP contribution in [-0.4, -0.2) is 48.4 Å². The Morgan fingerprint density at radius 2 is 1.65 bits per heavy atom. The van der Waals surface area contributed by atoms with Gasteiger partial charge in [0.05, 0.1) is 0 Å². The molecule has 0 unspecified atom stereocenters. The van der Waals surface area contributed by atoms with E-state index in [2.05, 4.69) is 9.80 Å². The quantitative estimate of drug-likeness (QED) is 0.852. The van der Waals surface area contributed by atoms with Gasteiger partial charge in [-0.15, -0.1) is 0 Å². The number of benzene rings is 1. The second-order valence-corrected chi connectivity index (χ2v) is 6.88. The summed E-state index contributed by atoms with van der Waals surface area (Å²) in [4.78, 5) is 17.0. The number of amides is 1. The monoisotopic (exact) mass is 318 g/mol. The van der Waals surface area contributed by atoms with Crippen LogP contribution >= 0.6 is 0 Å². The molecule has 1 heterocycles. The summed E-state index contributed by atoms with van der Waals surface area (Å²) in [7, 11) is 0. The zero-order valence-electron chi connectivity index (χ0n) is 13.8. The maximum Gasteiger partial charge on any atom is 0.225 e. The summed E-state index contributed by atoms with van der Waals surface area (Å²) in [5, 5.41) is 0. The summed E-state index contributed by atoms with van der Waals surface area (Å²) in [5.41, 5.74) is 1.17. The van der Waals surface area contributed by atoms with Gasteiger partial charge in [0, 0.05) is 38.6 Å². The Bertz CT molecular complexity index is 503. The van der Waals surface area contributed by atoms with Gasteiger partial charge in [0.25, 0.3) is 0 Å². The third-order valence-corrected chi connectivity index (χ3v) is 5.27.